The summed E-state index contributed by atoms with van der Waals surface area (Å²) < 4.78 is 4.81. The van der Waals surface area contributed by atoms with Crippen molar-refractivity contribution in [2.75, 3.05) is 31.2 Å². The van der Waals surface area contributed by atoms with Crippen LogP contribution in [0.2, 0.25) is 0 Å². The lowest BCUT2D eigenvalue weighted by Gasteiger charge is -2.41. The average Bonchev–Trinajstić information content (AvgIpc) is 3.60. The van der Waals surface area contributed by atoms with E-state index >= 15 is 0 Å². The van der Waals surface area contributed by atoms with Crippen LogP contribution in [-0.4, -0.2) is 91.9 Å². The number of likely N-dealkylation sites (tertiary alicyclic amines) is 1. The third kappa shape index (κ3) is 6.61. The minimum absolute atomic E-state index is 0.0471. The van der Waals surface area contributed by atoms with Gasteiger partial charge in [0.05, 0.1) is 35.8 Å². The summed E-state index contributed by atoms with van der Waals surface area (Å²) in [6, 6.07) is 6.02. The highest BCUT2D eigenvalue weighted by Crippen LogP contribution is 2.68. The van der Waals surface area contributed by atoms with Crippen molar-refractivity contribution in [3.05, 3.63) is 49.6 Å². The van der Waals surface area contributed by atoms with Crippen molar-refractivity contribution in [3.8, 4) is 5.75 Å². The fourth-order valence-corrected chi connectivity index (χ4v) is 11.3. The standard InChI is InChI=1S/C35H50BrN3O5S/c1-8-12-23(7)37(17-9-2)34(43)31-35-20-27(36)30(45-35)28(29(35)33(42)39(31)25(21-40)19-22(5)6)32(41)38(18-10-3)24-13-15-26(16-14-24)44-11-4/h9-10,13-16,22-23,25,27-31,40H,2-3,8,11-12,17-21H2,1,4-7H3/t23?,25-,27?,28-,29+,30-,31?,35?/m1/s1. The molecule has 0 radical (unpaired) electrons. The number of nitrogens with zero attached hydrogens (tertiary/aromatic N) is 3. The molecule has 248 valence electrons. The third-order valence-corrected chi connectivity index (χ3v) is 12.7. The van der Waals surface area contributed by atoms with Crippen molar-refractivity contribution in [2.45, 2.75) is 93.3 Å². The number of carbonyl (C=O) groups is 3. The Morgan fingerprint density at radius 1 is 1.16 bits per heavy atom. The lowest BCUT2D eigenvalue weighted by Crippen LogP contribution is -2.59. The van der Waals surface area contributed by atoms with Crippen LogP contribution < -0.4 is 9.64 Å². The molecule has 8 atom stereocenters. The second kappa shape index (κ2) is 15.1. The molecule has 3 aliphatic heterocycles. The normalized spacial score (nSPS) is 28.1. The van der Waals surface area contributed by atoms with E-state index in [9.17, 15) is 19.5 Å². The van der Waals surface area contributed by atoms with E-state index in [2.05, 4.69) is 49.9 Å². The second-order valence-corrected chi connectivity index (χ2v) is 15.7. The summed E-state index contributed by atoms with van der Waals surface area (Å²) in [6.07, 6.45) is 6.31. The number of anilines is 1. The fourth-order valence-electron chi connectivity index (χ4n) is 7.72. The van der Waals surface area contributed by atoms with Crippen molar-refractivity contribution in [3.63, 3.8) is 0 Å². The maximum absolute atomic E-state index is 14.8. The van der Waals surface area contributed by atoms with Gasteiger partial charge in [0.25, 0.3) is 0 Å². The number of alkyl halides is 1. The van der Waals surface area contributed by atoms with Gasteiger partial charge in [-0.3, -0.25) is 14.4 Å². The summed E-state index contributed by atoms with van der Waals surface area (Å²) in [6.45, 7) is 18.9. The van der Waals surface area contributed by atoms with E-state index in [1.807, 2.05) is 43.0 Å². The zero-order valence-corrected chi connectivity index (χ0v) is 29.8. The quantitative estimate of drug-likeness (QED) is 0.176. The molecule has 3 aliphatic rings. The number of rotatable bonds is 16. The molecule has 3 saturated heterocycles. The highest BCUT2D eigenvalue weighted by molar-refractivity contribution is 9.09. The molecule has 3 fully saturated rings. The Hall–Kier alpha value is -2.30. The zero-order chi connectivity index (χ0) is 33.1. The Bertz CT molecular complexity index is 1240. The minimum Gasteiger partial charge on any atom is -0.494 e. The molecule has 0 saturated carbocycles. The molecule has 2 bridgehead atoms. The molecule has 4 unspecified atom stereocenters. The molecule has 3 heterocycles. The predicted molar refractivity (Wildman–Crippen MR) is 186 cm³/mol. The lowest BCUT2D eigenvalue weighted by atomic mass is 9.70. The van der Waals surface area contributed by atoms with Crippen molar-refractivity contribution in [1.29, 1.82) is 0 Å². The first-order chi connectivity index (χ1) is 21.5. The largest absolute Gasteiger partial charge is 0.494 e. The van der Waals surface area contributed by atoms with Gasteiger partial charge in [-0.1, -0.05) is 55.3 Å². The number of aliphatic hydroxyl groups excluding tert-OH is 1. The smallest absolute Gasteiger partial charge is 0.247 e. The van der Waals surface area contributed by atoms with E-state index in [1.54, 1.807) is 33.7 Å². The van der Waals surface area contributed by atoms with Gasteiger partial charge in [-0.05, 0) is 63.3 Å². The molecular weight excluding hydrogens is 654 g/mol. The molecule has 10 heteroatoms. The van der Waals surface area contributed by atoms with Gasteiger partial charge >= 0.3 is 0 Å². The van der Waals surface area contributed by atoms with Crippen molar-refractivity contribution < 1.29 is 24.2 Å². The fraction of sp³-hybridized carbons (Fsp3) is 0.629. The number of amides is 3. The van der Waals surface area contributed by atoms with Gasteiger partial charge < -0.3 is 24.5 Å². The van der Waals surface area contributed by atoms with Crippen LogP contribution in [0.4, 0.5) is 5.69 Å². The maximum Gasteiger partial charge on any atom is 0.247 e. The molecule has 1 aromatic rings. The van der Waals surface area contributed by atoms with Crippen molar-refractivity contribution in [2.24, 2.45) is 17.8 Å². The van der Waals surface area contributed by atoms with E-state index in [0.717, 1.165) is 12.8 Å². The summed E-state index contributed by atoms with van der Waals surface area (Å²) in [4.78, 5) is 49.5. The van der Waals surface area contributed by atoms with Crippen LogP contribution in [-0.2, 0) is 14.4 Å². The molecule has 1 N–H and O–H groups in total. The Morgan fingerprint density at radius 3 is 2.38 bits per heavy atom. The maximum atomic E-state index is 14.8. The van der Waals surface area contributed by atoms with Crippen LogP contribution in [0.1, 0.15) is 60.3 Å². The third-order valence-electron chi connectivity index (χ3n) is 9.48. The second-order valence-electron chi connectivity index (χ2n) is 13.0. The Labute approximate surface area is 281 Å². The summed E-state index contributed by atoms with van der Waals surface area (Å²) >= 11 is 5.52. The van der Waals surface area contributed by atoms with Gasteiger partial charge in [0.2, 0.25) is 17.7 Å². The van der Waals surface area contributed by atoms with Crippen LogP contribution in [0.3, 0.4) is 0 Å². The lowest BCUT2D eigenvalue weighted by molar-refractivity contribution is -0.147. The van der Waals surface area contributed by atoms with E-state index in [4.69, 9.17) is 4.74 Å². The molecule has 3 amide bonds. The number of benzene rings is 1. The Morgan fingerprint density at radius 2 is 1.82 bits per heavy atom. The minimum atomic E-state index is -0.804. The molecule has 45 heavy (non-hydrogen) atoms. The van der Waals surface area contributed by atoms with Crippen LogP contribution in [0.25, 0.3) is 0 Å². The number of hydrogen-bond acceptors (Lipinski definition) is 6. The predicted octanol–water partition coefficient (Wildman–Crippen LogP) is 5.68. The summed E-state index contributed by atoms with van der Waals surface area (Å²) in [5, 5.41) is 10.5. The number of hydrogen-bond donors (Lipinski definition) is 1. The molecule has 8 nitrogen and oxygen atoms in total. The first-order valence-electron chi connectivity index (χ1n) is 16.3. The number of aliphatic hydroxyl groups is 1. The molecule has 1 spiro atoms. The number of carbonyl (C=O) groups excluding carboxylic acids is 3. The molecule has 0 aliphatic carbocycles. The van der Waals surface area contributed by atoms with E-state index in [0.29, 0.717) is 37.4 Å². The topological polar surface area (TPSA) is 90.4 Å². The highest BCUT2D eigenvalue weighted by Gasteiger charge is 2.76. The number of fused-ring (bicyclic) bond motifs is 1. The van der Waals surface area contributed by atoms with Crippen LogP contribution >= 0.6 is 27.7 Å². The Kier molecular flexibility index (Phi) is 11.9. The first-order valence-corrected chi connectivity index (χ1v) is 18.1. The van der Waals surface area contributed by atoms with Crippen molar-refractivity contribution >= 4 is 51.1 Å². The molecule has 1 aromatic carbocycles. The zero-order valence-electron chi connectivity index (χ0n) is 27.4. The molecular formula is C35H50BrN3O5S. The monoisotopic (exact) mass is 703 g/mol. The number of halogens is 1. The summed E-state index contributed by atoms with van der Waals surface area (Å²) in [5.41, 5.74) is 0.699. The van der Waals surface area contributed by atoms with Crippen LogP contribution in [0, 0.1) is 17.8 Å². The summed E-state index contributed by atoms with van der Waals surface area (Å²) in [7, 11) is 0. The summed E-state index contributed by atoms with van der Waals surface area (Å²) in [5.74, 6) is -0.901. The number of ether oxygens (including phenoxy) is 1. The van der Waals surface area contributed by atoms with Gasteiger partial charge in [-0.2, -0.15) is 0 Å². The van der Waals surface area contributed by atoms with Crippen molar-refractivity contribution in [1.82, 2.24) is 9.80 Å². The van der Waals surface area contributed by atoms with Gasteiger partial charge in [-0.25, -0.2) is 0 Å². The van der Waals surface area contributed by atoms with E-state index in [1.165, 1.54) is 0 Å². The van der Waals surface area contributed by atoms with Gasteiger partial charge in [-0.15, -0.1) is 24.9 Å². The number of thioether (sulfide) groups is 1. The van der Waals surface area contributed by atoms with E-state index in [-0.39, 0.29) is 52.9 Å². The van der Waals surface area contributed by atoms with Gasteiger partial charge in [0, 0.05) is 34.9 Å². The Balaban J connectivity index is 1.82. The SMILES string of the molecule is C=CCN(C(=O)[C@H]1[C@@H]2SC3(CC2Br)C(C(=O)N(CC=C)C(C)CCC)N([C@@H](CO)CC(C)C)C(=O)[C@H]13)c1ccc(OCC)cc1. The first kappa shape index (κ1) is 35.6. The highest BCUT2D eigenvalue weighted by atomic mass is 79.9. The molecule has 0 aromatic heterocycles. The molecule has 4 rings (SSSR count). The van der Waals surface area contributed by atoms with Crippen LogP contribution in [0.15, 0.2) is 49.6 Å². The average molecular weight is 705 g/mol. The van der Waals surface area contributed by atoms with Gasteiger partial charge in [0.1, 0.15) is 11.8 Å². The van der Waals surface area contributed by atoms with Gasteiger partial charge in [0.15, 0.2) is 0 Å². The van der Waals surface area contributed by atoms with E-state index < -0.39 is 28.7 Å². The van der Waals surface area contributed by atoms with Crippen LogP contribution in [0.5, 0.6) is 5.75 Å².